The first-order valence-electron chi connectivity index (χ1n) is 9.79. The van der Waals surface area contributed by atoms with E-state index in [9.17, 15) is 4.79 Å². The van der Waals surface area contributed by atoms with E-state index in [1.54, 1.807) is 7.11 Å². The lowest BCUT2D eigenvalue weighted by molar-refractivity contribution is -0.117. The zero-order valence-electron chi connectivity index (χ0n) is 15.9. The van der Waals surface area contributed by atoms with Gasteiger partial charge in [0, 0.05) is 43.5 Å². The molecule has 2 aliphatic rings. The molecule has 0 saturated carbocycles. The SMILES string of the molecule is COc1ccccc1NC1CCN(c2ccc(N3CCCC3=O)cc2)CC1. The van der Waals surface area contributed by atoms with Gasteiger partial charge in [0.25, 0.3) is 0 Å². The van der Waals surface area contributed by atoms with Crippen LogP contribution >= 0.6 is 0 Å². The number of carbonyl (C=O) groups excluding carboxylic acids is 1. The van der Waals surface area contributed by atoms with E-state index in [4.69, 9.17) is 4.74 Å². The number of hydrogen-bond acceptors (Lipinski definition) is 4. The van der Waals surface area contributed by atoms with Crippen LogP contribution in [0.25, 0.3) is 0 Å². The molecule has 2 aromatic carbocycles. The summed E-state index contributed by atoms with van der Waals surface area (Å²) in [6, 6.07) is 17.0. The van der Waals surface area contributed by atoms with Crippen LogP contribution in [-0.4, -0.2) is 38.7 Å². The van der Waals surface area contributed by atoms with E-state index in [1.165, 1.54) is 5.69 Å². The maximum atomic E-state index is 11.9. The van der Waals surface area contributed by atoms with Gasteiger partial charge in [0.2, 0.25) is 5.91 Å². The molecule has 0 atom stereocenters. The molecule has 2 aliphatic heterocycles. The van der Waals surface area contributed by atoms with E-state index in [0.29, 0.717) is 12.5 Å². The number of benzene rings is 2. The Morgan fingerprint density at radius 3 is 2.33 bits per heavy atom. The molecule has 0 unspecified atom stereocenters. The molecule has 0 spiro atoms. The molecule has 0 bridgehead atoms. The number of nitrogens with one attached hydrogen (secondary N) is 1. The fourth-order valence-electron chi connectivity index (χ4n) is 4.03. The van der Waals surface area contributed by atoms with Gasteiger partial charge in [0.15, 0.2) is 0 Å². The van der Waals surface area contributed by atoms with Gasteiger partial charge in [-0.25, -0.2) is 0 Å². The third-order valence-corrected chi connectivity index (χ3v) is 5.56. The number of amides is 1. The van der Waals surface area contributed by atoms with Crippen LogP contribution in [0.4, 0.5) is 17.1 Å². The fraction of sp³-hybridized carbons (Fsp3) is 0.409. The summed E-state index contributed by atoms with van der Waals surface area (Å²) in [6.07, 6.45) is 3.82. The van der Waals surface area contributed by atoms with Gasteiger partial charge in [0.1, 0.15) is 5.75 Å². The van der Waals surface area contributed by atoms with Crippen LogP contribution in [0.5, 0.6) is 5.75 Å². The van der Waals surface area contributed by atoms with Crippen LogP contribution in [0.15, 0.2) is 48.5 Å². The molecule has 5 nitrogen and oxygen atoms in total. The number of anilines is 3. The Morgan fingerprint density at radius 1 is 0.963 bits per heavy atom. The minimum Gasteiger partial charge on any atom is -0.495 e. The van der Waals surface area contributed by atoms with Crippen molar-refractivity contribution in [1.29, 1.82) is 0 Å². The Kier molecular flexibility index (Phi) is 5.19. The number of methoxy groups -OCH3 is 1. The summed E-state index contributed by atoms with van der Waals surface area (Å²) >= 11 is 0. The number of para-hydroxylation sites is 2. The Bertz CT molecular complexity index is 782. The number of carbonyl (C=O) groups is 1. The number of piperidine rings is 1. The van der Waals surface area contributed by atoms with E-state index in [-0.39, 0.29) is 5.91 Å². The first-order chi connectivity index (χ1) is 13.2. The molecule has 1 amide bonds. The second-order valence-corrected chi connectivity index (χ2v) is 7.27. The average Bonchev–Trinajstić information content (AvgIpc) is 3.15. The summed E-state index contributed by atoms with van der Waals surface area (Å²) < 4.78 is 5.44. The first-order valence-corrected chi connectivity index (χ1v) is 9.79. The van der Waals surface area contributed by atoms with Gasteiger partial charge in [-0.3, -0.25) is 4.79 Å². The third kappa shape index (κ3) is 3.87. The van der Waals surface area contributed by atoms with Gasteiger partial charge >= 0.3 is 0 Å². The summed E-state index contributed by atoms with van der Waals surface area (Å²) in [4.78, 5) is 16.2. The number of rotatable bonds is 5. The van der Waals surface area contributed by atoms with E-state index in [1.807, 2.05) is 23.1 Å². The van der Waals surface area contributed by atoms with Crippen molar-refractivity contribution in [2.45, 2.75) is 31.7 Å². The van der Waals surface area contributed by atoms with Crippen molar-refractivity contribution in [2.24, 2.45) is 0 Å². The average molecular weight is 365 g/mol. The van der Waals surface area contributed by atoms with Gasteiger partial charge < -0.3 is 19.9 Å². The summed E-state index contributed by atoms with van der Waals surface area (Å²) in [7, 11) is 1.71. The van der Waals surface area contributed by atoms with E-state index in [2.05, 4.69) is 40.5 Å². The highest BCUT2D eigenvalue weighted by Gasteiger charge is 2.23. The van der Waals surface area contributed by atoms with Crippen molar-refractivity contribution in [3.63, 3.8) is 0 Å². The first kappa shape index (κ1) is 17.7. The van der Waals surface area contributed by atoms with Crippen LogP contribution in [0, 0.1) is 0 Å². The smallest absolute Gasteiger partial charge is 0.227 e. The highest BCUT2D eigenvalue weighted by Crippen LogP contribution is 2.29. The summed E-state index contributed by atoms with van der Waals surface area (Å²) in [6.45, 7) is 2.89. The summed E-state index contributed by atoms with van der Waals surface area (Å²) in [5, 5.41) is 3.63. The fourth-order valence-corrected chi connectivity index (χ4v) is 4.03. The Labute approximate surface area is 160 Å². The lowest BCUT2D eigenvalue weighted by Gasteiger charge is -2.34. The van der Waals surface area contributed by atoms with Crippen molar-refractivity contribution in [3.05, 3.63) is 48.5 Å². The van der Waals surface area contributed by atoms with Crippen molar-refractivity contribution >= 4 is 23.0 Å². The monoisotopic (exact) mass is 365 g/mol. The molecule has 2 saturated heterocycles. The predicted octanol–water partition coefficient (Wildman–Crippen LogP) is 3.90. The zero-order valence-corrected chi connectivity index (χ0v) is 15.9. The standard InChI is InChI=1S/C22H27N3O2/c1-27-21-6-3-2-5-20(21)23-17-12-15-24(16-13-17)18-8-10-19(11-9-18)25-14-4-7-22(25)26/h2-3,5-6,8-11,17,23H,4,7,12-16H2,1H3. The van der Waals surface area contributed by atoms with Crippen LogP contribution in [0.2, 0.25) is 0 Å². The van der Waals surface area contributed by atoms with E-state index < -0.39 is 0 Å². The maximum Gasteiger partial charge on any atom is 0.227 e. The van der Waals surface area contributed by atoms with E-state index >= 15 is 0 Å². The minimum atomic E-state index is 0.242. The van der Waals surface area contributed by atoms with Gasteiger partial charge in [-0.2, -0.15) is 0 Å². The van der Waals surface area contributed by atoms with Crippen molar-refractivity contribution in [3.8, 4) is 5.75 Å². The van der Waals surface area contributed by atoms with Crippen molar-refractivity contribution < 1.29 is 9.53 Å². The molecule has 2 fully saturated rings. The number of nitrogens with zero attached hydrogens (tertiary/aromatic N) is 2. The Hall–Kier alpha value is -2.69. The third-order valence-electron chi connectivity index (χ3n) is 5.56. The molecule has 1 N–H and O–H groups in total. The molecule has 0 aromatic heterocycles. The van der Waals surface area contributed by atoms with Crippen LogP contribution in [0.1, 0.15) is 25.7 Å². The lowest BCUT2D eigenvalue weighted by Crippen LogP contribution is -2.39. The molecule has 2 aromatic rings. The second kappa shape index (κ2) is 7.91. The zero-order chi connectivity index (χ0) is 18.6. The number of ether oxygens (including phenoxy) is 1. The highest BCUT2D eigenvalue weighted by molar-refractivity contribution is 5.95. The van der Waals surface area contributed by atoms with Crippen LogP contribution < -0.4 is 19.9 Å². The Morgan fingerprint density at radius 2 is 1.67 bits per heavy atom. The maximum absolute atomic E-state index is 11.9. The summed E-state index contributed by atoms with van der Waals surface area (Å²) in [5.74, 6) is 1.14. The van der Waals surface area contributed by atoms with Crippen LogP contribution in [-0.2, 0) is 4.79 Å². The van der Waals surface area contributed by atoms with Gasteiger partial charge in [-0.15, -0.1) is 0 Å². The van der Waals surface area contributed by atoms with Crippen molar-refractivity contribution in [2.75, 3.05) is 41.9 Å². The minimum absolute atomic E-state index is 0.242. The topological polar surface area (TPSA) is 44.8 Å². The number of hydrogen-bond donors (Lipinski definition) is 1. The molecule has 4 rings (SSSR count). The summed E-state index contributed by atoms with van der Waals surface area (Å²) in [5.41, 5.74) is 3.33. The largest absolute Gasteiger partial charge is 0.495 e. The quantitative estimate of drug-likeness (QED) is 0.873. The molecule has 142 valence electrons. The lowest BCUT2D eigenvalue weighted by atomic mass is 10.0. The normalized spacial score (nSPS) is 18.0. The Balaban J connectivity index is 1.34. The van der Waals surface area contributed by atoms with Gasteiger partial charge in [0.05, 0.1) is 12.8 Å². The molecule has 2 heterocycles. The van der Waals surface area contributed by atoms with E-state index in [0.717, 1.165) is 56.0 Å². The predicted molar refractivity (Wildman–Crippen MR) is 110 cm³/mol. The molecule has 0 radical (unpaired) electrons. The van der Waals surface area contributed by atoms with Crippen molar-refractivity contribution in [1.82, 2.24) is 0 Å². The van der Waals surface area contributed by atoms with Crippen LogP contribution in [0.3, 0.4) is 0 Å². The molecule has 27 heavy (non-hydrogen) atoms. The molecular weight excluding hydrogens is 338 g/mol. The van der Waals surface area contributed by atoms with Gasteiger partial charge in [-0.05, 0) is 55.7 Å². The second-order valence-electron chi connectivity index (χ2n) is 7.27. The molecular formula is C22H27N3O2. The molecule has 0 aliphatic carbocycles. The highest BCUT2D eigenvalue weighted by atomic mass is 16.5. The van der Waals surface area contributed by atoms with Gasteiger partial charge in [-0.1, -0.05) is 12.1 Å². The molecule has 5 heteroatoms.